The second-order valence-electron chi connectivity index (χ2n) is 15.2. The molecule has 0 radical (unpaired) electrons. The summed E-state index contributed by atoms with van der Waals surface area (Å²) in [5, 5.41) is 29.1. The average Bonchev–Trinajstić information content (AvgIpc) is 3.25. The van der Waals surface area contributed by atoms with Crippen molar-refractivity contribution in [1.82, 2.24) is 0 Å². The number of esters is 2. The van der Waals surface area contributed by atoms with E-state index in [4.69, 9.17) is 9.47 Å². The fourth-order valence-electron chi connectivity index (χ4n) is 10.3. The van der Waals surface area contributed by atoms with Crippen LogP contribution in [-0.2, 0) is 30.1 Å². The molecule has 1 aliphatic carbocycles. The third-order valence-corrected chi connectivity index (χ3v) is 12.7. The van der Waals surface area contributed by atoms with Crippen LogP contribution < -0.4 is 0 Å². The zero-order valence-electron chi connectivity index (χ0n) is 30.9. The van der Waals surface area contributed by atoms with E-state index in [1.54, 1.807) is 6.92 Å². The second-order valence-corrected chi connectivity index (χ2v) is 15.2. The van der Waals surface area contributed by atoms with Gasteiger partial charge in [0.1, 0.15) is 5.41 Å². The summed E-state index contributed by atoms with van der Waals surface area (Å²) in [6.07, 6.45) is 0. The molecule has 0 saturated heterocycles. The van der Waals surface area contributed by atoms with Gasteiger partial charge < -0.3 is 14.6 Å². The number of rotatable bonds is 2. The number of methoxy groups -OCH3 is 2. The van der Waals surface area contributed by atoms with Crippen LogP contribution in [0.3, 0.4) is 0 Å². The van der Waals surface area contributed by atoms with Gasteiger partial charge in [0.05, 0.1) is 14.2 Å². The van der Waals surface area contributed by atoms with Gasteiger partial charge in [-0.1, -0.05) is 146 Å². The van der Waals surface area contributed by atoms with Crippen molar-refractivity contribution in [3.63, 3.8) is 0 Å². The SMILES string of the molecule is COC(=O)C1(C)c2c(c3ccc4ccccc4c3c3c2ccc2ccccc23)-c2c(c3ccc4ccccc4c3c3c2ccc2ccccc23)C1(O)C(=O)OC. The summed E-state index contributed by atoms with van der Waals surface area (Å²) in [7, 11) is 2.57. The highest BCUT2D eigenvalue weighted by atomic mass is 16.5. The first-order valence-electron chi connectivity index (χ1n) is 18.8. The van der Waals surface area contributed by atoms with Gasteiger partial charge in [-0.3, -0.25) is 4.79 Å². The molecule has 1 N–H and O–H groups in total. The standard InChI is InChI=1S/C51H34O5/c1-50(48(52)55-2)46-38-26-22-30-14-6-10-18-34(30)42(38)40-32-16-8-4-12-28(32)20-24-36(40)44(46)45-37-25-21-29-13-5-9-17-33(29)41(37)43-35-19-11-7-15-31(35)23-27-39(43)47(45)51(50,54)49(53)56-3/h4-27,54H,1-3H3. The lowest BCUT2D eigenvalue weighted by Crippen LogP contribution is -2.60. The molecule has 0 amide bonds. The van der Waals surface area contributed by atoms with E-state index in [0.29, 0.717) is 22.1 Å². The van der Waals surface area contributed by atoms with Crippen LogP contribution in [0.5, 0.6) is 0 Å². The minimum atomic E-state index is -2.54. The van der Waals surface area contributed by atoms with E-state index in [-0.39, 0.29) is 0 Å². The van der Waals surface area contributed by atoms with Crippen molar-refractivity contribution in [2.24, 2.45) is 0 Å². The molecule has 2 atom stereocenters. The number of aliphatic hydroxyl groups is 1. The number of ether oxygens (including phenoxy) is 2. The molecule has 10 aromatic rings. The van der Waals surface area contributed by atoms with Crippen molar-refractivity contribution >= 4 is 98.1 Å². The van der Waals surface area contributed by atoms with E-state index < -0.39 is 23.0 Å². The van der Waals surface area contributed by atoms with Crippen molar-refractivity contribution in [2.75, 3.05) is 14.2 Å². The number of benzene rings is 10. The Labute approximate surface area is 321 Å². The fraction of sp³-hybridized carbons (Fsp3) is 0.0980. The van der Waals surface area contributed by atoms with Crippen LogP contribution in [0.15, 0.2) is 146 Å². The maximum atomic E-state index is 14.9. The molecule has 268 valence electrons. The highest BCUT2D eigenvalue weighted by Gasteiger charge is 2.66. The van der Waals surface area contributed by atoms with Crippen LogP contribution in [0.2, 0.25) is 0 Å². The zero-order valence-corrected chi connectivity index (χ0v) is 30.9. The predicted molar refractivity (Wildman–Crippen MR) is 227 cm³/mol. The second kappa shape index (κ2) is 11.4. The van der Waals surface area contributed by atoms with E-state index in [9.17, 15) is 14.7 Å². The summed E-state index contributed by atoms with van der Waals surface area (Å²) in [5.41, 5.74) is -2.22. The largest absolute Gasteiger partial charge is 0.468 e. The number of carbonyl (C=O) groups is 2. The predicted octanol–water partition coefficient (Wildman–Crippen LogP) is 11.4. The molecule has 0 saturated carbocycles. The molecule has 2 unspecified atom stereocenters. The van der Waals surface area contributed by atoms with Crippen molar-refractivity contribution in [3.8, 4) is 11.1 Å². The van der Waals surface area contributed by atoms with Gasteiger partial charge in [0.25, 0.3) is 0 Å². The first-order valence-corrected chi connectivity index (χ1v) is 18.8. The minimum absolute atomic E-state index is 0.322. The molecule has 0 aliphatic heterocycles. The molecule has 11 rings (SSSR count). The van der Waals surface area contributed by atoms with Gasteiger partial charge >= 0.3 is 11.9 Å². The van der Waals surface area contributed by atoms with Crippen LogP contribution in [-0.4, -0.2) is 31.3 Å². The number of carbonyl (C=O) groups excluding carboxylic acids is 2. The quantitative estimate of drug-likeness (QED) is 0.142. The Bertz CT molecular complexity index is 3190. The van der Waals surface area contributed by atoms with Crippen LogP contribution in [0.4, 0.5) is 0 Å². The fourth-order valence-corrected chi connectivity index (χ4v) is 10.3. The smallest absolute Gasteiger partial charge is 0.344 e. The van der Waals surface area contributed by atoms with Crippen molar-refractivity contribution in [2.45, 2.75) is 17.9 Å². The number of fused-ring (bicyclic) bond motifs is 21. The van der Waals surface area contributed by atoms with Gasteiger partial charge in [-0.2, -0.15) is 0 Å². The normalized spacial score (nSPS) is 17.9. The topological polar surface area (TPSA) is 72.8 Å². The van der Waals surface area contributed by atoms with Gasteiger partial charge in [0.2, 0.25) is 5.60 Å². The Kier molecular flexibility index (Phi) is 6.61. The first kappa shape index (κ1) is 32.6. The van der Waals surface area contributed by atoms with Crippen LogP contribution in [0, 0.1) is 0 Å². The molecule has 0 bridgehead atoms. The molecule has 0 spiro atoms. The molecule has 5 heteroatoms. The van der Waals surface area contributed by atoms with Gasteiger partial charge in [-0.15, -0.1) is 0 Å². The van der Waals surface area contributed by atoms with Crippen LogP contribution >= 0.6 is 0 Å². The summed E-state index contributed by atoms with van der Waals surface area (Å²) < 4.78 is 11.3. The molecule has 0 fully saturated rings. The van der Waals surface area contributed by atoms with Crippen LogP contribution in [0.1, 0.15) is 18.1 Å². The number of hydrogen-bond donors (Lipinski definition) is 1. The summed E-state index contributed by atoms with van der Waals surface area (Å²) in [4.78, 5) is 29.8. The third-order valence-electron chi connectivity index (χ3n) is 12.7. The van der Waals surface area contributed by atoms with Crippen molar-refractivity contribution in [1.29, 1.82) is 0 Å². The van der Waals surface area contributed by atoms with Gasteiger partial charge in [0, 0.05) is 5.56 Å². The summed E-state index contributed by atoms with van der Waals surface area (Å²) >= 11 is 0. The van der Waals surface area contributed by atoms with Crippen LogP contribution in [0.25, 0.3) is 97.3 Å². The molecular weight excluding hydrogens is 693 g/mol. The van der Waals surface area contributed by atoms with Crippen molar-refractivity contribution < 1.29 is 24.2 Å². The average molecular weight is 727 g/mol. The van der Waals surface area contributed by atoms with Gasteiger partial charge in [-0.25, -0.2) is 4.79 Å². The Hall–Kier alpha value is -6.82. The first-order chi connectivity index (χ1) is 27.3. The highest BCUT2D eigenvalue weighted by Crippen LogP contribution is 2.62. The molecule has 0 heterocycles. The van der Waals surface area contributed by atoms with Crippen molar-refractivity contribution in [3.05, 3.63) is 157 Å². The van der Waals surface area contributed by atoms with Gasteiger partial charge in [-0.05, 0) is 110 Å². The monoisotopic (exact) mass is 726 g/mol. The Morgan fingerprint density at radius 1 is 0.411 bits per heavy atom. The minimum Gasteiger partial charge on any atom is -0.468 e. The maximum Gasteiger partial charge on any atom is 0.344 e. The maximum absolute atomic E-state index is 14.9. The van der Waals surface area contributed by atoms with Gasteiger partial charge in [0.15, 0.2) is 0 Å². The lowest BCUT2D eigenvalue weighted by atomic mass is 9.56. The highest BCUT2D eigenvalue weighted by molar-refractivity contribution is 6.37. The summed E-state index contributed by atoms with van der Waals surface area (Å²) in [6.45, 7) is 1.65. The van der Waals surface area contributed by atoms with E-state index in [2.05, 4.69) is 84.9 Å². The zero-order chi connectivity index (χ0) is 38.1. The Morgan fingerprint density at radius 3 is 1.12 bits per heavy atom. The number of hydrogen-bond acceptors (Lipinski definition) is 5. The van der Waals surface area contributed by atoms with E-state index >= 15 is 0 Å². The Balaban J connectivity index is 1.54. The molecule has 1 aliphatic rings. The molecule has 56 heavy (non-hydrogen) atoms. The van der Waals surface area contributed by atoms with E-state index in [1.807, 2.05) is 60.7 Å². The lowest BCUT2D eigenvalue weighted by molar-refractivity contribution is -0.183. The summed E-state index contributed by atoms with van der Waals surface area (Å²) in [6, 6.07) is 49.7. The van der Waals surface area contributed by atoms with E-state index in [0.717, 1.165) is 86.4 Å². The van der Waals surface area contributed by atoms with E-state index in [1.165, 1.54) is 14.2 Å². The molecular formula is C51H34O5. The third kappa shape index (κ3) is 3.83. The summed E-state index contributed by atoms with van der Waals surface area (Å²) in [5.74, 6) is -1.70. The lowest BCUT2D eigenvalue weighted by Gasteiger charge is -2.48. The molecule has 5 nitrogen and oxygen atoms in total. The molecule has 10 aromatic carbocycles. The molecule has 0 aromatic heterocycles. The Morgan fingerprint density at radius 2 is 0.732 bits per heavy atom.